The van der Waals surface area contributed by atoms with Crippen LogP contribution in [0.25, 0.3) is 11.0 Å². The van der Waals surface area contributed by atoms with Crippen molar-refractivity contribution in [1.29, 1.82) is 0 Å². The Hall–Kier alpha value is -3.83. The highest BCUT2D eigenvalue weighted by Gasteiger charge is 2.47. The molecule has 206 valence electrons. The maximum absolute atomic E-state index is 15.2. The molecular weight excluding hydrogens is 513 g/mol. The third-order valence-corrected chi connectivity index (χ3v) is 7.16. The summed E-state index contributed by atoms with van der Waals surface area (Å²) in [6, 6.07) is 3.70. The first-order valence-corrected chi connectivity index (χ1v) is 13.0. The topological polar surface area (TPSA) is 92.7 Å². The van der Waals surface area contributed by atoms with Crippen LogP contribution in [0.2, 0.25) is 0 Å². The number of likely N-dealkylation sites (tertiary alicyclic amines) is 1. The molecule has 3 fully saturated rings. The molecule has 39 heavy (non-hydrogen) atoms. The number of fused-ring (bicyclic) bond motifs is 3. The van der Waals surface area contributed by atoms with Crippen LogP contribution in [-0.2, 0) is 4.74 Å². The van der Waals surface area contributed by atoms with E-state index in [1.165, 1.54) is 24.5 Å². The van der Waals surface area contributed by atoms with E-state index in [4.69, 9.17) is 9.47 Å². The number of hydrogen-bond acceptors (Lipinski definition) is 8. The summed E-state index contributed by atoms with van der Waals surface area (Å²) in [4.78, 5) is 28.9. The number of ether oxygens (including phenoxy) is 2. The summed E-state index contributed by atoms with van der Waals surface area (Å²) in [5.41, 5.74) is -0.360. The van der Waals surface area contributed by atoms with Gasteiger partial charge in [-0.25, -0.2) is 28.5 Å². The first-order valence-electron chi connectivity index (χ1n) is 13.0. The quantitative estimate of drug-likeness (QED) is 0.456. The second-order valence-electron chi connectivity index (χ2n) is 11.3. The average Bonchev–Trinajstić information content (AvgIpc) is 3.48. The third kappa shape index (κ3) is 4.99. The van der Waals surface area contributed by atoms with Gasteiger partial charge < -0.3 is 24.6 Å². The summed E-state index contributed by atoms with van der Waals surface area (Å²) in [6.45, 7) is 6.56. The molecule has 2 atom stereocenters. The molecule has 3 aromatic rings. The standard InChI is InChI=1S/C27H29F3N6O3/c1-27(2,3)39-26(37)36-11-15-8-16(36)10-35(15)25-17(28)9-19-23(34-25)24(32-13-31-19)33-18-6-7-20(22(30)21(18)29)38-12-14-4-5-14/h6-7,9,13-16H,4-5,8,10-12H2,1-3H3,(H,31,32,33)/t15-,16-/m0/s1. The molecular formula is C27H29F3N6O3. The van der Waals surface area contributed by atoms with Gasteiger partial charge in [0.05, 0.1) is 29.9 Å². The normalized spacial score (nSPS) is 20.6. The number of anilines is 3. The molecule has 1 saturated carbocycles. The van der Waals surface area contributed by atoms with Crippen molar-refractivity contribution in [2.45, 2.75) is 57.7 Å². The van der Waals surface area contributed by atoms with Gasteiger partial charge in [0.25, 0.3) is 0 Å². The van der Waals surface area contributed by atoms with Gasteiger partial charge in [-0.3, -0.25) is 0 Å². The Labute approximate surface area is 223 Å². The molecule has 4 heterocycles. The fraction of sp³-hybridized carbons (Fsp3) is 0.481. The van der Waals surface area contributed by atoms with Crippen molar-refractivity contribution in [1.82, 2.24) is 19.9 Å². The van der Waals surface area contributed by atoms with E-state index in [2.05, 4.69) is 20.3 Å². The van der Waals surface area contributed by atoms with Gasteiger partial charge in [0.2, 0.25) is 5.82 Å². The first-order chi connectivity index (χ1) is 18.6. The van der Waals surface area contributed by atoms with E-state index in [9.17, 15) is 13.6 Å². The van der Waals surface area contributed by atoms with Crippen LogP contribution in [0.1, 0.15) is 40.0 Å². The number of aromatic nitrogens is 3. The Morgan fingerprint density at radius 1 is 1.10 bits per heavy atom. The van der Waals surface area contributed by atoms with Crippen molar-refractivity contribution in [2.75, 3.05) is 29.9 Å². The smallest absolute Gasteiger partial charge is 0.410 e. The van der Waals surface area contributed by atoms with Crippen LogP contribution in [0.4, 0.5) is 35.3 Å². The summed E-state index contributed by atoms with van der Waals surface area (Å²) in [5, 5.41) is 2.78. The van der Waals surface area contributed by atoms with Gasteiger partial charge in [-0.2, -0.15) is 4.39 Å². The van der Waals surface area contributed by atoms with Crippen LogP contribution in [-0.4, -0.2) is 63.3 Å². The molecule has 3 aliphatic rings. The number of halogens is 3. The maximum atomic E-state index is 15.2. The summed E-state index contributed by atoms with van der Waals surface area (Å²) in [5.74, 6) is -2.34. The number of amides is 1. The highest BCUT2D eigenvalue weighted by molar-refractivity contribution is 5.88. The molecule has 12 heteroatoms. The van der Waals surface area contributed by atoms with Crippen molar-refractivity contribution in [3.63, 3.8) is 0 Å². The monoisotopic (exact) mass is 542 g/mol. The molecule has 0 unspecified atom stereocenters. The molecule has 2 aromatic heterocycles. The van der Waals surface area contributed by atoms with Crippen LogP contribution < -0.4 is 15.0 Å². The largest absolute Gasteiger partial charge is 0.490 e. The summed E-state index contributed by atoms with van der Waals surface area (Å²) >= 11 is 0. The SMILES string of the molecule is CC(C)(C)OC(=O)N1C[C@@H]2C[C@H]1CN2c1nc2c(Nc3ccc(OCC4CC4)c(F)c3F)ncnc2cc1F. The van der Waals surface area contributed by atoms with Gasteiger partial charge in [-0.1, -0.05) is 0 Å². The fourth-order valence-corrected chi connectivity index (χ4v) is 5.08. The number of pyridine rings is 1. The minimum absolute atomic E-state index is 0.0900. The van der Waals surface area contributed by atoms with Gasteiger partial charge in [0.15, 0.2) is 29.0 Å². The Bertz CT molecular complexity index is 1440. The third-order valence-electron chi connectivity index (χ3n) is 7.16. The number of rotatable bonds is 6. The molecule has 1 aromatic carbocycles. The van der Waals surface area contributed by atoms with Gasteiger partial charge in [0, 0.05) is 19.2 Å². The van der Waals surface area contributed by atoms with E-state index in [-0.39, 0.29) is 52.3 Å². The average molecular weight is 543 g/mol. The zero-order valence-corrected chi connectivity index (χ0v) is 21.9. The zero-order valence-electron chi connectivity index (χ0n) is 21.9. The number of benzene rings is 1. The van der Waals surface area contributed by atoms with Crippen LogP contribution in [0, 0.1) is 23.4 Å². The molecule has 0 spiro atoms. The maximum Gasteiger partial charge on any atom is 0.410 e. The van der Waals surface area contributed by atoms with Gasteiger partial charge in [-0.15, -0.1) is 0 Å². The van der Waals surface area contributed by atoms with Gasteiger partial charge >= 0.3 is 6.09 Å². The summed E-state index contributed by atoms with van der Waals surface area (Å²) in [6.07, 6.45) is 3.53. The second-order valence-corrected chi connectivity index (χ2v) is 11.3. The predicted octanol–water partition coefficient (Wildman–Crippen LogP) is 5.17. The van der Waals surface area contributed by atoms with E-state index in [0.717, 1.165) is 12.8 Å². The lowest BCUT2D eigenvalue weighted by Gasteiger charge is -2.35. The number of nitrogens with one attached hydrogen (secondary N) is 1. The van der Waals surface area contributed by atoms with E-state index in [0.29, 0.717) is 32.0 Å². The molecule has 1 aliphatic carbocycles. The van der Waals surface area contributed by atoms with Crippen LogP contribution in [0.3, 0.4) is 0 Å². The van der Waals surface area contributed by atoms with Crippen LogP contribution in [0.5, 0.6) is 5.75 Å². The van der Waals surface area contributed by atoms with Crippen molar-refractivity contribution in [3.05, 3.63) is 42.0 Å². The molecule has 1 N–H and O–H groups in total. The zero-order chi connectivity index (χ0) is 27.5. The lowest BCUT2D eigenvalue weighted by atomic mass is 10.2. The van der Waals surface area contributed by atoms with E-state index < -0.39 is 23.1 Å². The Kier molecular flexibility index (Phi) is 6.15. The number of carbonyl (C=O) groups excluding carboxylic acids is 1. The van der Waals surface area contributed by atoms with E-state index >= 15 is 4.39 Å². The molecule has 6 rings (SSSR count). The number of piperazine rings is 1. The molecule has 2 bridgehead atoms. The number of nitrogens with zero attached hydrogens (tertiary/aromatic N) is 5. The summed E-state index contributed by atoms with van der Waals surface area (Å²) < 4.78 is 55.7. The molecule has 1 amide bonds. The van der Waals surface area contributed by atoms with Crippen molar-refractivity contribution >= 4 is 34.4 Å². The summed E-state index contributed by atoms with van der Waals surface area (Å²) in [7, 11) is 0. The minimum atomic E-state index is -1.11. The lowest BCUT2D eigenvalue weighted by molar-refractivity contribution is 0.0214. The van der Waals surface area contributed by atoms with Gasteiger partial charge in [-0.05, 0) is 58.1 Å². The molecule has 0 radical (unpaired) electrons. The van der Waals surface area contributed by atoms with Gasteiger partial charge in [0.1, 0.15) is 17.4 Å². The van der Waals surface area contributed by atoms with E-state index in [1.54, 1.807) is 4.90 Å². The first kappa shape index (κ1) is 25.4. The van der Waals surface area contributed by atoms with Crippen LogP contribution >= 0.6 is 0 Å². The van der Waals surface area contributed by atoms with Crippen molar-refractivity contribution in [2.24, 2.45) is 5.92 Å². The van der Waals surface area contributed by atoms with Crippen molar-refractivity contribution < 1.29 is 27.4 Å². The highest BCUT2D eigenvalue weighted by atomic mass is 19.2. The number of hydrogen-bond donors (Lipinski definition) is 1. The highest BCUT2D eigenvalue weighted by Crippen LogP contribution is 2.38. The number of carbonyl (C=O) groups is 1. The minimum Gasteiger partial charge on any atom is -0.490 e. The lowest BCUT2D eigenvalue weighted by Crippen LogP contribution is -2.50. The fourth-order valence-electron chi connectivity index (χ4n) is 5.08. The second kappa shape index (κ2) is 9.42. The Morgan fingerprint density at radius 3 is 2.59 bits per heavy atom. The molecule has 2 saturated heterocycles. The van der Waals surface area contributed by atoms with E-state index in [1.807, 2.05) is 25.7 Å². The van der Waals surface area contributed by atoms with Crippen LogP contribution in [0.15, 0.2) is 24.5 Å². The Balaban J connectivity index is 1.24. The molecule has 9 nitrogen and oxygen atoms in total. The van der Waals surface area contributed by atoms with Crippen molar-refractivity contribution in [3.8, 4) is 5.75 Å². The Morgan fingerprint density at radius 2 is 1.90 bits per heavy atom. The molecule has 2 aliphatic heterocycles. The predicted molar refractivity (Wildman–Crippen MR) is 138 cm³/mol.